The first-order chi connectivity index (χ1) is 16.6. The molecule has 0 spiro atoms. The summed E-state index contributed by atoms with van der Waals surface area (Å²) in [6.45, 7) is 14.9. The molecule has 1 atom stereocenters. The Hall–Kier alpha value is -3.33. The zero-order valence-electron chi connectivity index (χ0n) is 21.9. The maximum Gasteiger partial charge on any atom is 0.318 e. The number of hydrogen-bond acceptors (Lipinski definition) is 8. The van der Waals surface area contributed by atoms with Crippen molar-refractivity contribution in [1.29, 1.82) is 0 Å². The Morgan fingerprint density at radius 3 is 2.54 bits per heavy atom. The predicted octanol–water partition coefficient (Wildman–Crippen LogP) is 3.01. The number of para-hydroxylation sites is 1. The molecule has 0 saturated carbocycles. The van der Waals surface area contributed by atoms with Gasteiger partial charge >= 0.3 is 6.01 Å². The summed E-state index contributed by atoms with van der Waals surface area (Å²) >= 11 is 0. The largest absolute Gasteiger partial charge is 0.506 e. The minimum atomic E-state index is -0.0393. The number of nitrogens with zero attached hydrogens (tertiary/aromatic N) is 5. The second-order valence-electron chi connectivity index (χ2n) is 8.84. The number of carbonyl (C=O) groups is 1. The number of ether oxygens (including phenoxy) is 1. The zero-order valence-corrected chi connectivity index (χ0v) is 21.9. The van der Waals surface area contributed by atoms with Gasteiger partial charge in [-0.25, -0.2) is 0 Å². The van der Waals surface area contributed by atoms with E-state index in [1.54, 1.807) is 11.0 Å². The summed E-state index contributed by atoms with van der Waals surface area (Å²) in [5.41, 5.74) is 9.87. The fraction of sp³-hybridized carbons (Fsp3) is 0.500. The van der Waals surface area contributed by atoms with Gasteiger partial charge < -0.3 is 30.3 Å². The lowest BCUT2D eigenvalue weighted by Gasteiger charge is -2.32. The van der Waals surface area contributed by atoms with Crippen LogP contribution in [0.25, 0.3) is 0 Å². The van der Waals surface area contributed by atoms with E-state index >= 15 is 0 Å². The second-order valence-corrected chi connectivity index (χ2v) is 8.84. The molecule has 1 aliphatic heterocycles. The highest BCUT2D eigenvalue weighted by molar-refractivity contribution is 5.86. The van der Waals surface area contributed by atoms with Crippen molar-refractivity contribution in [3.63, 3.8) is 0 Å². The fourth-order valence-electron chi connectivity index (χ4n) is 4.13. The Morgan fingerprint density at radius 1 is 1.31 bits per heavy atom. The molecular formula is C26H40N6O3. The van der Waals surface area contributed by atoms with Crippen molar-refractivity contribution in [2.75, 3.05) is 50.9 Å². The first-order valence-electron chi connectivity index (χ1n) is 12.0. The van der Waals surface area contributed by atoms with Gasteiger partial charge in [0, 0.05) is 31.7 Å². The molecule has 2 heterocycles. The summed E-state index contributed by atoms with van der Waals surface area (Å²) in [6, 6.07) is 5.87. The summed E-state index contributed by atoms with van der Waals surface area (Å²) in [4.78, 5) is 25.6. The summed E-state index contributed by atoms with van der Waals surface area (Å²) in [5, 5.41) is 10.3. The van der Waals surface area contributed by atoms with E-state index in [4.69, 9.17) is 10.5 Å². The number of rotatable bonds is 8. The van der Waals surface area contributed by atoms with Crippen LogP contribution in [-0.4, -0.2) is 77.2 Å². The van der Waals surface area contributed by atoms with Crippen molar-refractivity contribution in [3.05, 3.63) is 47.7 Å². The number of nitrogens with two attached hydrogens (primary N) is 1. The minimum Gasteiger partial charge on any atom is -0.506 e. The van der Waals surface area contributed by atoms with Crippen molar-refractivity contribution in [1.82, 2.24) is 19.8 Å². The van der Waals surface area contributed by atoms with E-state index in [9.17, 15) is 9.90 Å². The van der Waals surface area contributed by atoms with Crippen molar-refractivity contribution in [2.24, 2.45) is 0 Å². The van der Waals surface area contributed by atoms with Crippen LogP contribution in [0.15, 0.2) is 30.9 Å². The van der Waals surface area contributed by atoms with Crippen molar-refractivity contribution in [3.8, 4) is 11.8 Å². The van der Waals surface area contributed by atoms with Crippen LogP contribution in [0.2, 0.25) is 0 Å². The van der Waals surface area contributed by atoms with Crippen LogP contribution in [0, 0.1) is 6.92 Å². The van der Waals surface area contributed by atoms with Gasteiger partial charge in [-0.3, -0.25) is 4.79 Å². The van der Waals surface area contributed by atoms with Gasteiger partial charge in [0.1, 0.15) is 17.7 Å². The van der Waals surface area contributed by atoms with Crippen LogP contribution in [0.5, 0.6) is 11.8 Å². The number of phenolic OH excluding ortho intramolecular Hbond substituents is 1. The monoisotopic (exact) mass is 484 g/mol. The molecule has 0 saturated heterocycles. The lowest BCUT2D eigenvalue weighted by Crippen LogP contribution is -2.33. The molecule has 9 heteroatoms. The summed E-state index contributed by atoms with van der Waals surface area (Å²) < 4.78 is 5.85. The van der Waals surface area contributed by atoms with Crippen LogP contribution in [0.4, 0.5) is 11.5 Å². The molecule has 0 unspecified atom stereocenters. The Morgan fingerprint density at radius 2 is 2.00 bits per heavy atom. The van der Waals surface area contributed by atoms with Crippen molar-refractivity contribution in [2.45, 2.75) is 46.8 Å². The number of fused-ring (bicyclic) bond motifs is 1. The first-order valence-corrected chi connectivity index (χ1v) is 12.0. The van der Waals surface area contributed by atoms with E-state index in [0.29, 0.717) is 18.4 Å². The van der Waals surface area contributed by atoms with E-state index < -0.39 is 0 Å². The summed E-state index contributed by atoms with van der Waals surface area (Å²) in [6.07, 6.45) is 2.04. The molecular weight excluding hydrogens is 444 g/mol. The van der Waals surface area contributed by atoms with Crippen LogP contribution < -0.4 is 15.4 Å². The molecule has 0 bridgehead atoms. The lowest BCUT2D eigenvalue weighted by molar-refractivity contribution is -0.125. The molecule has 0 fully saturated rings. The molecule has 1 aliphatic rings. The van der Waals surface area contributed by atoms with Crippen molar-refractivity contribution < 1.29 is 14.6 Å². The molecule has 0 radical (unpaired) electrons. The fourth-order valence-corrected chi connectivity index (χ4v) is 4.13. The molecule has 9 nitrogen and oxygen atoms in total. The molecule has 3 N–H and O–H groups in total. The van der Waals surface area contributed by atoms with E-state index in [0.717, 1.165) is 55.1 Å². The topological polar surface area (TPSA) is 108 Å². The third-order valence-corrected chi connectivity index (χ3v) is 5.79. The van der Waals surface area contributed by atoms with E-state index in [1.165, 1.54) is 6.08 Å². The van der Waals surface area contributed by atoms with Crippen LogP contribution >= 0.6 is 0 Å². The standard InChI is InChI=1S/C19H27N5O2.C7H13NO/c1-12-6-5-7-16(25)17(12)24-9-8-14-15(11-24)21-19(22-18(14)20)26-13(2)10-23(3)4;1-4-7(9)8(5-2)6-3/h5-7,13,25H,8-11H2,1-4H3,(H2,20,21,22);4H,1,5-6H2,2-3H3/t13-;/m1./s1. The third kappa shape index (κ3) is 7.58. The van der Waals surface area contributed by atoms with Gasteiger partial charge in [-0.2, -0.15) is 9.97 Å². The van der Waals surface area contributed by atoms with Gasteiger partial charge in [0.05, 0.1) is 17.9 Å². The van der Waals surface area contributed by atoms with Crippen LogP contribution in [0.1, 0.15) is 37.6 Å². The number of phenols is 1. The Balaban J connectivity index is 0.000000410. The number of hydrogen-bond donors (Lipinski definition) is 2. The van der Waals surface area contributed by atoms with Crippen molar-refractivity contribution >= 4 is 17.4 Å². The highest BCUT2D eigenvalue weighted by atomic mass is 16.5. The van der Waals surface area contributed by atoms with E-state index in [1.807, 2.05) is 53.9 Å². The van der Waals surface area contributed by atoms with Gasteiger partial charge in [0.15, 0.2) is 0 Å². The predicted molar refractivity (Wildman–Crippen MR) is 141 cm³/mol. The normalized spacial score (nSPS) is 13.4. The molecule has 3 rings (SSSR count). The molecule has 0 aliphatic carbocycles. The van der Waals surface area contributed by atoms with Gasteiger partial charge in [-0.15, -0.1) is 0 Å². The second kappa shape index (κ2) is 12.9. The van der Waals surface area contributed by atoms with Gasteiger partial charge in [-0.1, -0.05) is 18.7 Å². The molecule has 1 aromatic carbocycles. The number of nitrogen functional groups attached to an aromatic ring is 1. The van der Waals surface area contributed by atoms with Crippen LogP contribution in [0.3, 0.4) is 0 Å². The Labute approximate surface area is 209 Å². The smallest absolute Gasteiger partial charge is 0.318 e. The highest BCUT2D eigenvalue weighted by Crippen LogP contribution is 2.35. The van der Waals surface area contributed by atoms with Gasteiger partial charge in [0.2, 0.25) is 5.91 Å². The molecule has 2 aromatic rings. The number of aromatic hydroxyl groups is 1. The third-order valence-electron chi connectivity index (χ3n) is 5.79. The van der Waals surface area contributed by atoms with Crippen LogP contribution in [-0.2, 0) is 17.8 Å². The van der Waals surface area contributed by atoms with Gasteiger partial charge in [0.25, 0.3) is 0 Å². The first kappa shape index (κ1) is 27.9. The molecule has 192 valence electrons. The van der Waals surface area contributed by atoms with Gasteiger partial charge in [-0.05, 0) is 65.9 Å². The molecule has 1 amide bonds. The summed E-state index contributed by atoms with van der Waals surface area (Å²) in [7, 11) is 3.99. The highest BCUT2D eigenvalue weighted by Gasteiger charge is 2.25. The summed E-state index contributed by atoms with van der Waals surface area (Å²) in [5.74, 6) is 0.780. The minimum absolute atomic E-state index is 0.0139. The maximum atomic E-state index is 10.8. The number of benzene rings is 1. The van der Waals surface area contributed by atoms with E-state index in [2.05, 4.69) is 26.3 Å². The Bertz CT molecular complexity index is 987. The SMILES string of the molecule is C=CC(=O)N(CC)CC.Cc1cccc(O)c1N1CCc2c(N)nc(O[C@H](C)CN(C)C)nc2C1. The average molecular weight is 485 g/mol. The zero-order chi connectivity index (χ0) is 26.1. The molecule has 1 aromatic heterocycles. The lowest BCUT2D eigenvalue weighted by atomic mass is 10.0. The maximum absolute atomic E-state index is 10.8. The quantitative estimate of drug-likeness (QED) is 0.551. The number of aryl methyl sites for hydroxylation is 1. The molecule has 35 heavy (non-hydrogen) atoms. The van der Waals surface area contributed by atoms with E-state index in [-0.39, 0.29) is 17.8 Å². The number of aromatic nitrogens is 2. The number of likely N-dealkylation sites (N-methyl/N-ethyl adjacent to an activating group) is 2. The Kier molecular flexibility index (Phi) is 10.3. The number of anilines is 2. The average Bonchev–Trinajstić information content (AvgIpc) is 2.79. The number of amides is 1. The number of carbonyl (C=O) groups excluding carboxylic acids is 1.